The summed E-state index contributed by atoms with van der Waals surface area (Å²) in [6.07, 6.45) is 0.709. The van der Waals surface area contributed by atoms with Crippen LogP contribution in [-0.4, -0.2) is 37.8 Å². The van der Waals surface area contributed by atoms with Gasteiger partial charge in [0.05, 0.1) is 13.7 Å². The maximum atomic E-state index is 10.0. The second kappa shape index (κ2) is 9.93. The molecule has 0 amide bonds. The molecular formula is C19H27N3O2S. The fourth-order valence-electron chi connectivity index (χ4n) is 2.43. The molecule has 1 atom stereocenters. The van der Waals surface area contributed by atoms with Crippen LogP contribution in [0.1, 0.15) is 30.2 Å². The van der Waals surface area contributed by atoms with E-state index in [4.69, 9.17) is 4.74 Å². The Morgan fingerprint density at radius 1 is 1.32 bits per heavy atom. The van der Waals surface area contributed by atoms with Crippen molar-refractivity contribution in [3.63, 3.8) is 0 Å². The fourth-order valence-corrected chi connectivity index (χ4v) is 3.21. The van der Waals surface area contributed by atoms with Crippen molar-refractivity contribution in [2.75, 3.05) is 26.7 Å². The lowest BCUT2D eigenvalue weighted by Gasteiger charge is -2.13. The Hall–Kier alpha value is -2.21. The van der Waals surface area contributed by atoms with E-state index < -0.39 is 0 Å². The minimum Gasteiger partial charge on any atom is -0.508 e. The van der Waals surface area contributed by atoms with Crippen LogP contribution in [0.4, 0.5) is 0 Å². The third-order valence-corrected chi connectivity index (χ3v) is 4.98. The number of ether oxygens (including phenoxy) is 1. The third-order valence-electron chi connectivity index (χ3n) is 3.88. The van der Waals surface area contributed by atoms with Crippen LogP contribution in [0.3, 0.4) is 0 Å². The molecule has 1 heterocycles. The van der Waals surface area contributed by atoms with E-state index in [1.807, 2.05) is 12.1 Å². The topological polar surface area (TPSA) is 65.9 Å². The van der Waals surface area contributed by atoms with Crippen molar-refractivity contribution in [2.24, 2.45) is 4.99 Å². The molecular weight excluding hydrogens is 334 g/mol. The van der Waals surface area contributed by atoms with Gasteiger partial charge in [-0.15, -0.1) is 11.3 Å². The number of phenols is 1. The zero-order valence-electron chi connectivity index (χ0n) is 15.1. The van der Waals surface area contributed by atoms with E-state index in [0.717, 1.165) is 24.6 Å². The van der Waals surface area contributed by atoms with Gasteiger partial charge in [-0.1, -0.05) is 19.1 Å². The maximum absolute atomic E-state index is 10.0. The Bertz CT molecular complexity index is 671. The molecule has 0 saturated heterocycles. The van der Waals surface area contributed by atoms with Gasteiger partial charge in [-0.3, -0.25) is 4.99 Å². The number of hydrogen-bond acceptors (Lipinski definition) is 4. The Balaban J connectivity index is 1.87. The van der Waals surface area contributed by atoms with Crippen molar-refractivity contribution in [3.8, 4) is 11.5 Å². The first-order valence-electron chi connectivity index (χ1n) is 8.55. The van der Waals surface area contributed by atoms with E-state index in [9.17, 15) is 5.11 Å². The quantitative estimate of drug-likeness (QED) is 0.498. The molecule has 0 spiro atoms. The summed E-state index contributed by atoms with van der Waals surface area (Å²) in [5, 5.41) is 18.7. The minimum atomic E-state index is 0.259. The Labute approximate surface area is 153 Å². The number of aliphatic imine (C=N–C) groups is 1. The summed E-state index contributed by atoms with van der Waals surface area (Å²) in [7, 11) is 1.59. The van der Waals surface area contributed by atoms with Crippen molar-refractivity contribution in [3.05, 3.63) is 46.2 Å². The highest BCUT2D eigenvalue weighted by atomic mass is 32.1. The lowest BCUT2D eigenvalue weighted by molar-refractivity contribution is 0.406. The second-order valence-corrected chi connectivity index (χ2v) is 6.79. The third kappa shape index (κ3) is 5.98. The molecule has 2 aromatic rings. The van der Waals surface area contributed by atoms with Gasteiger partial charge in [0.15, 0.2) is 5.96 Å². The number of methoxy groups -OCH3 is 1. The summed E-state index contributed by atoms with van der Waals surface area (Å²) in [5.41, 5.74) is 0.885. The lowest BCUT2D eigenvalue weighted by Crippen LogP contribution is -2.38. The van der Waals surface area contributed by atoms with Gasteiger partial charge in [0.2, 0.25) is 0 Å². The smallest absolute Gasteiger partial charge is 0.191 e. The number of hydrogen-bond donors (Lipinski definition) is 3. The average molecular weight is 362 g/mol. The second-order valence-electron chi connectivity index (χ2n) is 5.81. The van der Waals surface area contributed by atoms with Crippen molar-refractivity contribution in [2.45, 2.75) is 26.2 Å². The summed E-state index contributed by atoms with van der Waals surface area (Å²) >= 11 is 1.77. The molecule has 0 fully saturated rings. The van der Waals surface area contributed by atoms with Crippen LogP contribution < -0.4 is 15.4 Å². The molecule has 0 aliphatic heterocycles. The van der Waals surface area contributed by atoms with E-state index in [-0.39, 0.29) is 5.75 Å². The van der Waals surface area contributed by atoms with Crippen LogP contribution in [-0.2, 0) is 6.42 Å². The van der Waals surface area contributed by atoms with Crippen molar-refractivity contribution in [1.82, 2.24) is 10.6 Å². The van der Waals surface area contributed by atoms with Crippen LogP contribution in [0.25, 0.3) is 0 Å². The van der Waals surface area contributed by atoms with Crippen molar-refractivity contribution in [1.29, 1.82) is 0 Å². The molecule has 136 valence electrons. The first-order valence-corrected chi connectivity index (χ1v) is 9.43. The van der Waals surface area contributed by atoms with Crippen LogP contribution >= 0.6 is 11.3 Å². The number of nitrogens with zero attached hydrogens (tertiary/aromatic N) is 1. The van der Waals surface area contributed by atoms with E-state index >= 15 is 0 Å². The van der Waals surface area contributed by atoms with E-state index in [0.29, 0.717) is 24.6 Å². The standard InChI is InChI=1S/C19H27N3O2S/c1-4-20-19(22-13-14(2)18-6-5-11-25-18)21-10-9-15-7-8-16(24-3)12-17(15)23/h5-8,11-12,14,23H,4,9-10,13H2,1-3H3,(H2,20,21,22). The summed E-state index contributed by atoms with van der Waals surface area (Å²) < 4.78 is 5.11. The SMILES string of the molecule is CCNC(=NCC(C)c1cccs1)NCCc1ccc(OC)cc1O. The first-order chi connectivity index (χ1) is 12.1. The molecule has 1 aromatic carbocycles. The maximum Gasteiger partial charge on any atom is 0.191 e. The molecule has 6 heteroatoms. The van der Waals surface area contributed by atoms with Crippen LogP contribution in [0.5, 0.6) is 11.5 Å². The van der Waals surface area contributed by atoms with Gasteiger partial charge >= 0.3 is 0 Å². The van der Waals surface area contributed by atoms with E-state index in [2.05, 4.69) is 47.0 Å². The monoisotopic (exact) mass is 361 g/mol. The molecule has 1 aromatic heterocycles. The molecule has 0 saturated carbocycles. The van der Waals surface area contributed by atoms with Gasteiger partial charge in [0, 0.05) is 30.0 Å². The largest absolute Gasteiger partial charge is 0.508 e. The van der Waals surface area contributed by atoms with Gasteiger partial charge in [-0.05, 0) is 36.4 Å². The van der Waals surface area contributed by atoms with Gasteiger partial charge in [0.1, 0.15) is 11.5 Å². The van der Waals surface area contributed by atoms with Gasteiger partial charge in [-0.25, -0.2) is 0 Å². The van der Waals surface area contributed by atoms with Crippen LogP contribution in [0.15, 0.2) is 40.7 Å². The van der Waals surface area contributed by atoms with Crippen LogP contribution in [0, 0.1) is 0 Å². The number of aromatic hydroxyl groups is 1. The average Bonchev–Trinajstić information content (AvgIpc) is 3.15. The molecule has 1 unspecified atom stereocenters. The number of phenolic OH excluding ortho intramolecular Hbond substituents is 1. The summed E-state index contributed by atoms with van der Waals surface area (Å²) in [5.74, 6) is 2.13. The number of benzene rings is 1. The molecule has 25 heavy (non-hydrogen) atoms. The predicted molar refractivity (Wildman–Crippen MR) is 105 cm³/mol. The normalized spacial score (nSPS) is 12.7. The zero-order chi connectivity index (χ0) is 18.1. The minimum absolute atomic E-state index is 0.259. The first kappa shape index (κ1) is 19.1. The Morgan fingerprint density at radius 3 is 2.80 bits per heavy atom. The van der Waals surface area contributed by atoms with Gasteiger partial charge in [-0.2, -0.15) is 0 Å². The molecule has 5 nitrogen and oxygen atoms in total. The van der Waals surface area contributed by atoms with Crippen molar-refractivity contribution < 1.29 is 9.84 Å². The number of nitrogens with one attached hydrogen (secondary N) is 2. The predicted octanol–water partition coefficient (Wildman–Crippen LogP) is 3.36. The molecule has 2 rings (SSSR count). The Morgan fingerprint density at radius 2 is 2.16 bits per heavy atom. The number of thiophene rings is 1. The summed E-state index contributed by atoms with van der Waals surface area (Å²) in [6.45, 7) is 6.49. The van der Waals surface area contributed by atoms with E-state index in [1.54, 1.807) is 24.5 Å². The zero-order valence-corrected chi connectivity index (χ0v) is 15.9. The molecule has 0 radical (unpaired) electrons. The van der Waals surface area contributed by atoms with Gasteiger partial charge in [0.25, 0.3) is 0 Å². The number of rotatable bonds is 8. The van der Waals surface area contributed by atoms with E-state index in [1.165, 1.54) is 4.88 Å². The lowest BCUT2D eigenvalue weighted by atomic mass is 10.1. The highest BCUT2D eigenvalue weighted by molar-refractivity contribution is 7.10. The Kier molecular flexibility index (Phi) is 7.60. The highest BCUT2D eigenvalue weighted by Crippen LogP contribution is 2.23. The fraction of sp³-hybridized carbons (Fsp3) is 0.421. The molecule has 3 N–H and O–H groups in total. The number of guanidine groups is 1. The van der Waals surface area contributed by atoms with Gasteiger partial charge < -0.3 is 20.5 Å². The summed E-state index contributed by atoms with van der Waals surface area (Å²) in [6, 6.07) is 9.61. The molecule has 0 aliphatic carbocycles. The molecule has 0 bridgehead atoms. The molecule has 0 aliphatic rings. The highest BCUT2D eigenvalue weighted by Gasteiger charge is 2.07. The van der Waals surface area contributed by atoms with Crippen LogP contribution in [0.2, 0.25) is 0 Å². The summed E-state index contributed by atoms with van der Waals surface area (Å²) in [4.78, 5) is 6.02. The van der Waals surface area contributed by atoms with Crippen molar-refractivity contribution >= 4 is 17.3 Å².